The van der Waals surface area contributed by atoms with Crippen LogP contribution in [-0.2, 0) is 10.0 Å². The number of aliphatic hydroxyl groups is 1. The maximum atomic E-state index is 13.0. The lowest BCUT2D eigenvalue weighted by atomic mass is 10.2. The van der Waals surface area contributed by atoms with Gasteiger partial charge in [0.1, 0.15) is 5.82 Å². The Hall–Kier alpha value is -1.02. The van der Waals surface area contributed by atoms with Gasteiger partial charge in [-0.15, -0.1) is 0 Å². The van der Waals surface area contributed by atoms with Crippen molar-refractivity contribution < 1.29 is 17.9 Å². The first-order chi connectivity index (χ1) is 8.84. The molecule has 0 spiro atoms. The molecular formula is C12H17FN2O3S. The average Bonchev–Trinajstić information content (AvgIpc) is 2.73. The second kappa shape index (κ2) is 5.16. The highest BCUT2D eigenvalue weighted by atomic mass is 32.2. The molecule has 1 aliphatic rings. The van der Waals surface area contributed by atoms with Crippen molar-refractivity contribution in [3.8, 4) is 0 Å². The molecule has 1 saturated heterocycles. The molecule has 1 fully saturated rings. The molecule has 1 aromatic carbocycles. The van der Waals surface area contributed by atoms with E-state index in [0.717, 1.165) is 10.4 Å². The van der Waals surface area contributed by atoms with E-state index in [-0.39, 0.29) is 4.90 Å². The summed E-state index contributed by atoms with van der Waals surface area (Å²) in [5.41, 5.74) is 0.354. The van der Waals surface area contributed by atoms with Crippen molar-refractivity contribution in [1.82, 2.24) is 9.62 Å². The summed E-state index contributed by atoms with van der Waals surface area (Å²) in [6.45, 7) is 2.32. The van der Waals surface area contributed by atoms with Crippen LogP contribution in [0.1, 0.15) is 5.56 Å². The Labute approximate surface area is 112 Å². The van der Waals surface area contributed by atoms with Crippen molar-refractivity contribution in [2.45, 2.75) is 24.0 Å². The van der Waals surface area contributed by atoms with E-state index in [0.29, 0.717) is 18.7 Å². The molecule has 1 aliphatic heterocycles. The lowest BCUT2D eigenvalue weighted by Gasteiger charge is -2.26. The second-order valence-corrected chi connectivity index (χ2v) is 6.69. The monoisotopic (exact) mass is 288 g/mol. The van der Waals surface area contributed by atoms with E-state index in [1.165, 1.54) is 19.2 Å². The van der Waals surface area contributed by atoms with Gasteiger partial charge in [0, 0.05) is 20.1 Å². The van der Waals surface area contributed by atoms with Crippen LogP contribution in [0, 0.1) is 12.7 Å². The Morgan fingerprint density at radius 3 is 2.63 bits per heavy atom. The van der Waals surface area contributed by atoms with Crippen LogP contribution in [0.4, 0.5) is 4.39 Å². The van der Waals surface area contributed by atoms with E-state index in [1.807, 2.05) is 0 Å². The lowest BCUT2D eigenvalue weighted by Crippen LogP contribution is -2.44. The van der Waals surface area contributed by atoms with Crippen LogP contribution in [0.25, 0.3) is 0 Å². The summed E-state index contributed by atoms with van der Waals surface area (Å²) >= 11 is 0. The standard InChI is InChI=1S/C12H17FN2O3S/c1-8-5-9(13)3-4-12(8)19(17,18)15(2)10-6-14-7-11(10)16/h3-5,10-11,14,16H,6-7H2,1-2H3/t10-,11-/m1/s1. The zero-order chi connectivity index (χ0) is 14.2. The van der Waals surface area contributed by atoms with Gasteiger partial charge in [-0.1, -0.05) is 0 Å². The molecule has 0 bridgehead atoms. The molecule has 2 rings (SSSR count). The minimum atomic E-state index is -3.74. The number of hydrogen-bond donors (Lipinski definition) is 2. The number of nitrogens with zero attached hydrogens (tertiary/aromatic N) is 1. The largest absolute Gasteiger partial charge is 0.390 e. The van der Waals surface area contributed by atoms with Crippen molar-refractivity contribution >= 4 is 10.0 Å². The number of aryl methyl sites for hydroxylation is 1. The normalized spacial score (nSPS) is 24.1. The van der Waals surface area contributed by atoms with Gasteiger partial charge < -0.3 is 10.4 Å². The maximum Gasteiger partial charge on any atom is 0.243 e. The van der Waals surface area contributed by atoms with E-state index in [1.54, 1.807) is 6.92 Å². The van der Waals surface area contributed by atoms with E-state index < -0.39 is 28.0 Å². The molecule has 0 aliphatic carbocycles. The van der Waals surface area contributed by atoms with E-state index in [9.17, 15) is 17.9 Å². The second-order valence-electron chi connectivity index (χ2n) is 4.72. The van der Waals surface area contributed by atoms with Crippen LogP contribution in [-0.4, -0.2) is 50.1 Å². The molecule has 5 nitrogen and oxygen atoms in total. The summed E-state index contributed by atoms with van der Waals surface area (Å²) in [7, 11) is -2.31. The number of sulfonamides is 1. The van der Waals surface area contributed by atoms with Crippen molar-refractivity contribution in [2.24, 2.45) is 0 Å². The quantitative estimate of drug-likeness (QED) is 0.827. The summed E-state index contributed by atoms with van der Waals surface area (Å²) in [5.74, 6) is -0.471. The molecule has 1 aromatic rings. The number of hydrogen-bond acceptors (Lipinski definition) is 4. The molecule has 0 unspecified atom stereocenters. The number of aliphatic hydroxyl groups excluding tert-OH is 1. The predicted octanol–water partition coefficient (Wildman–Crippen LogP) is 0.0873. The molecule has 19 heavy (non-hydrogen) atoms. The van der Waals surface area contributed by atoms with Gasteiger partial charge in [0.05, 0.1) is 17.0 Å². The highest BCUT2D eigenvalue weighted by molar-refractivity contribution is 7.89. The van der Waals surface area contributed by atoms with Crippen molar-refractivity contribution in [1.29, 1.82) is 0 Å². The molecular weight excluding hydrogens is 271 g/mol. The molecule has 2 N–H and O–H groups in total. The molecule has 0 aromatic heterocycles. The zero-order valence-electron chi connectivity index (χ0n) is 10.8. The molecule has 7 heteroatoms. The minimum Gasteiger partial charge on any atom is -0.390 e. The minimum absolute atomic E-state index is 0.0653. The van der Waals surface area contributed by atoms with Crippen molar-refractivity contribution in [3.05, 3.63) is 29.6 Å². The first kappa shape index (κ1) is 14.4. The van der Waals surface area contributed by atoms with Gasteiger partial charge in [0.2, 0.25) is 10.0 Å². The van der Waals surface area contributed by atoms with E-state index in [4.69, 9.17) is 0 Å². The summed E-state index contributed by atoms with van der Waals surface area (Å²) in [4.78, 5) is 0.0653. The van der Waals surface area contributed by atoms with Crippen molar-refractivity contribution in [3.63, 3.8) is 0 Å². The van der Waals surface area contributed by atoms with Gasteiger partial charge in [-0.05, 0) is 30.7 Å². The van der Waals surface area contributed by atoms with Gasteiger partial charge in [-0.2, -0.15) is 4.31 Å². The topological polar surface area (TPSA) is 69.6 Å². The number of halogens is 1. The third-order valence-corrected chi connectivity index (χ3v) is 5.46. The fourth-order valence-corrected chi connectivity index (χ4v) is 3.85. The maximum absolute atomic E-state index is 13.0. The highest BCUT2D eigenvalue weighted by Gasteiger charge is 2.36. The lowest BCUT2D eigenvalue weighted by molar-refractivity contribution is 0.136. The van der Waals surface area contributed by atoms with Crippen molar-refractivity contribution in [2.75, 3.05) is 20.1 Å². The number of benzene rings is 1. The number of rotatable bonds is 3. The Balaban J connectivity index is 2.36. The third kappa shape index (κ3) is 2.64. The summed E-state index contributed by atoms with van der Waals surface area (Å²) < 4.78 is 39.1. The fraction of sp³-hybridized carbons (Fsp3) is 0.500. The first-order valence-corrected chi connectivity index (χ1v) is 7.41. The van der Waals surface area contributed by atoms with Crippen LogP contribution in [0.2, 0.25) is 0 Å². The van der Waals surface area contributed by atoms with Crippen LogP contribution in [0.5, 0.6) is 0 Å². The molecule has 106 valence electrons. The average molecular weight is 288 g/mol. The Bertz CT molecular complexity index is 576. The van der Waals surface area contributed by atoms with E-state index in [2.05, 4.69) is 5.32 Å². The van der Waals surface area contributed by atoms with Crippen LogP contribution >= 0.6 is 0 Å². The molecule has 0 radical (unpaired) electrons. The van der Waals surface area contributed by atoms with Gasteiger partial charge in [-0.3, -0.25) is 0 Å². The molecule has 0 amide bonds. The van der Waals surface area contributed by atoms with Crippen LogP contribution in [0.3, 0.4) is 0 Å². The Kier molecular flexibility index (Phi) is 3.91. The van der Waals surface area contributed by atoms with Gasteiger partial charge >= 0.3 is 0 Å². The van der Waals surface area contributed by atoms with Gasteiger partial charge in [0.25, 0.3) is 0 Å². The summed E-state index contributed by atoms with van der Waals surface area (Å²) in [6.07, 6.45) is -0.736. The number of nitrogens with one attached hydrogen (secondary N) is 1. The molecule has 0 saturated carbocycles. The smallest absolute Gasteiger partial charge is 0.243 e. The number of β-amino-alcohol motifs (C(OH)–C–C–N with tert-alkyl or cyclic N) is 1. The molecule has 1 heterocycles. The summed E-state index contributed by atoms with van der Waals surface area (Å²) in [5, 5.41) is 12.7. The van der Waals surface area contributed by atoms with Gasteiger partial charge in [0.15, 0.2) is 0 Å². The van der Waals surface area contributed by atoms with E-state index >= 15 is 0 Å². The van der Waals surface area contributed by atoms with Crippen LogP contribution < -0.4 is 5.32 Å². The zero-order valence-corrected chi connectivity index (χ0v) is 11.6. The van der Waals surface area contributed by atoms with Crippen LogP contribution in [0.15, 0.2) is 23.1 Å². The summed E-state index contributed by atoms with van der Waals surface area (Å²) in [6, 6.07) is 3.06. The number of likely N-dealkylation sites (N-methyl/N-ethyl adjacent to an activating group) is 1. The Morgan fingerprint density at radius 1 is 1.42 bits per heavy atom. The molecule has 2 atom stereocenters. The van der Waals surface area contributed by atoms with Gasteiger partial charge in [-0.25, -0.2) is 12.8 Å². The SMILES string of the molecule is Cc1cc(F)ccc1S(=O)(=O)N(C)[C@@H]1CNC[C@H]1O. The first-order valence-electron chi connectivity index (χ1n) is 5.97. The Morgan fingerprint density at radius 2 is 2.11 bits per heavy atom. The predicted molar refractivity (Wildman–Crippen MR) is 68.8 cm³/mol. The highest BCUT2D eigenvalue weighted by Crippen LogP contribution is 2.23. The fourth-order valence-electron chi connectivity index (χ4n) is 2.26. The third-order valence-electron chi connectivity index (χ3n) is 3.41.